The molecule has 0 aromatic heterocycles. The number of carbonyl (C=O) groups is 2. The molecule has 0 N–H and O–H groups in total. The van der Waals surface area contributed by atoms with Crippen molar-refractivity contribution in [2.75, 3.05) is 13.1 Å². The number of hydrogen-bond donors (Lipinski definition) is 0. The van der Waals surface area contributed by atoms with Gasteiger partial charge in [-0.05, 0) is 48.7 Å². The molecule has 27 heavy (non-hydrogen) atoms. The van der Waals surface area contributed by atoms with Crippen molar-refractivity contribution >= 4 is 11.9 Å². The van der Waals surface area contributed by atoms with Crippen molar-refractivity contribution in [2.24, 2.45) is 0 Å². The second kappa shape index (κ2) is 6.35. The van der Waals surface area contributed by atoms with Crippen LogP contribution in [-0.4, -0.2) is 29.9 Å². The molecule has 2 aromatic carbocycles. The Morgan fingerprint density at radius 1 is 0.815 bits per heavy atom. The molecule has 0 saturated carbocycles. The number of benzene rings is 2. The van der Waals surface area contributed by atoms with Crippen LogP contribution in [0.4, 0.5) is 0 Å². The molecule has 2 aliphatic heterocycles. The number of hydrogen-bond acceptors (Lipinski definition) is 5. The van der Waals surface area contributed by atoms with Gasteiger partial charge in [0, 0.05) is 17.7 Å². The summed E-state index contributed by atoms with van der Waals surface area (Å²) >= 11 is 0. The molecule has 0 bridgehead atoms. The van der Waals surface area contributed by atoms with E-state index >= 15 is 0 Å². The van der Waals surface area contributed by atoms with Crippen LogP contribution in [0.1, 0.15) is 36.4 Å². The second-order valence-electron chi connectivity index (χ2n) is 7.12. The first kappa shape index (κ1) is 16.3. The van der Waals surface area contributed by atoms with Crippen LogP contribution in [0.5, 0.6) is 11.5 Å². The van der Waals surface area contributed by atoms with Crippen LogP contribution in [0.15, 0.2) is 48.6 Å². The van der Waals surface area contributed by atoms with Crippen LogP contribution in [0.3, 0.4) is 0 Å². The summed E-state index contributed by atoms with van der Waals surface area (Å²) in [5.74, 6) is -0.472. The number of nitrogens with zero attached hydrogens (tertiary/aromatic N) is 1. The van der Waals surface area contributed by atoms with Crippen molar-refractivity contribution in [1.29, 1.82) is 0 Å². The Hall–Kier alpha value is -2.92. The number of piperidine rings is 1. The van der Waals surface area contributed by atoms with Gasteiger partial charge in [0.25, 0.3) is 0 Å². The summed E-state index contributed by atoms with van der Waals surface area (Å²) in [6.07, 6.45) is 5.75. The van der Waals surface area contributed by atoms with E-state index < -0.39 is 11.9 Å². The van der Waals surface area contributed by atoms with Gasteiger partial charge < -0.3 is 9.47 Å². The fourth-order valence-corrected chi connectivity index (χ4v) is 4.38. The minimum Gasteiger partial charge on any atom is -0.419 e. The van der Waals surface area contributed by atoms with E-state index in [1.807, 2.05) is 18.2 Å². The molecule has 1 unspecified atom stereocenters. The van der Waals surface area contributed by atoms with E-state index in [2.05, 4.69) is 17.0 Å². The molecular weight excluding hydrogens is 342 g/mol. The Kier molecular flexibility index (Phi) is 3.83. The molecule has 0 radical (unpaired) electrons. The average Bonchev–Trinajstić information content (AvgIpc) is 3.02. The van der Waals surface area contributed by atoms with Crippen molar-refractivity contribution in [2.45, 2.75) is 25.3 Å². The highest BCUT2D eigenvalue weighted by atomic mass is 16.6. The summed E-state index contributed by atoms with van der Waals surface area (Å²) in [7, 11) is 0. The lowest BCUT2D eigenvalue weighted by atomic mass is 9.99. The quantitative estimate of drug-likeness (QED) is 0.574. The second-order valence-corrected chi connectivity index (χ2v) is 7.12. The molecule has 2 heterocycles. The average molecular weight is 361 g/mol. The Morgan fingerprint density at radius 3 is 2.37 bits per heavy atom. The van der Waals surface area contributed by atoms with Crippen molar-refractivity contribution in [3.05, 3.63) is 59.7 Å². The number of carbonyl (C=O) groups excluding carboxylic acids is 2. The van der Waals surface area contributed by atoms with E-state index in [0.29, 0.717) is 11.5 Å². The van der Waals surface area contributed by atoms with Crippen molar-refractivity contribution < 1.29 is 19.1 Å². The highest BCUT2D eigenvalue weighted by Crippen LogP contribution is 2.53. The Morgan fingerprint density at radius 2 is 1.56 bits per heavy atom. The number of rotatable bonds is 1. The Bertz CT molecular complexity index is 972. The maximum Gasteiger partial charge on any atom is 0.336 e. The molecule has 1 fully saturated rings. The van der Waals surface area contributed by atoms with Gasteiger partial charge in [-0.15, -0.1) is 0 Å². The van der Waals surface area contributed by atoms with Crippen molar-refractivity contribution in [3.63, 3.8) is 0 Å². The first-order chi connectivity index (χ1) is 13.2. The molecule has 1 atom stereocenters. The molecule has 136 valence electrons. The van der Waals surface area contributed by atoms with E-state index in [0.717, 1.165) is 54.8 Å². The van der Waals surface area contributed by atoms with Crippen LogP contribution in [0.25, 0.3) is 11.1 Å². The normalized spacial score (nSPS) is 22.6. The molecular formula is C22H19NO4. The van der Waals surface area contributed by atoms with Crippen LogP contribution in [0.2, 0.25) is 0 Å². The third-order valence-corrected chi connectivity index (χ3v) is 5.50. The summed E-state index contributed by atoms with van der Waals surface area (Å²) in [6.45, 7) is 1.99. The molecule has 0 spiro atoms. The lowest BCUT2D eigenvalue weighted by Gasteiger charge is -2.34. The largest absolute Gasteiger partial charge is 0.419 e. The predicted molar refractivity (Wildman–Crippen MR) is 99.6 cm³/mol. The maximum absolute atomic E-state index is 12.2. The highest BCUT2D eigenvalue weighted by Gasteiger charge is 2.38. The first-order valence-corrected chi connectivity index (χ1v) is 9.34. The number of esters is 2. The first-order valence-electron chi connectivity index (χ1n) is 9.34. The van der Waals surface area contributed by atoms with Gasteiger partial charge in [-0.3, -0.25) is 4.90 Å². The van der Waals surface area contributed by atoms with Gasteiger partial charge in [0.05, 0.1) is 6.04 Å². The molecule has 5 nitrogen and oxygen atoms in total. The third-order valence-electron chi connectivity index (χ3n) is 5.50. The summed E-state index contributed by atoms with van der Waals surface area (Å²) < 4.78 is 11.1. The van der Waals surface area contributed by atoms with Gasteiger partial charge in [-0.25, -0.2) is 9.59 Å². The molecule has 1 saturated heterocycles. The molecule has 2 aromatic rings. The fraction of sp³-hybridized carbons (Fsp3) is 0.273. The summed E-state index contributed by atoms with van der Waals surface area (Å²) in [6, 6.07) is 12.0. The summed E-state index contributed by atoms with van der Waals surface area (Å²) in [5.41, 5.74) is 4.31. The van der Waals surface area contributed by atoms with E-state index in [1.165, 1.54) is 12.0 Å². The monoisotopic (exact) mass is 361 g/mol. The molecule has 5 heteroatoms. The molecule has 3 aliphatic rings. The SMILES string of the molecule is O=C1/C=C/C(=O)Oc2c(ccc3c2C(N2CCCCC2)c2ccccc2-3)O1. The van der Waals surface area contributed by atoms with Gasteiger partial charge in [-0.1, -0.05) is 36.8 Å². The van der Waals surface area contributed by atoms with Gasteiger partial charge >= 0.3 is 11.9 Å². The maximum atomic E-state index is 12.2. The zero-order chi connectivity index (χ0) is 18.4. The molecule has 0 amide bonds. The zero-order valence-corrected chi connectivity index (χ0v) is 14.8. The smallest absolute Gasteiger partial charge is 0.336 e. The van der Waals surface area contributed by atoms with Crippen LogP contribution in [-0.2, 0) is 9.59 Å². The lowest BCUT2D eigenvalue weighted by Crippen LogP contribution is -2.33. The van der Waals surface area contributed by atoms with E-state index in [4.69, 9.17) is 9.47 Å². The van der Waals surface area contributed by atoms with Gasteiger partial charge in [0.1, 0.15) is 0 Å². The Balaban J connectivity index is 1.72. The topological polar surface area (TPSA) is 55.8 Å². The van der Waals surface area contributed by atoms with Crippen molar-refractivity contribution in [1.82, 2.24) is 4.90 Å². The number of ether oxygens (including phenoxy) is 2. The van der Waals surface area contributed by atoms with Crippen LogP contribution in [0, 0.1) is 0 Å². The van der Waals surface area contributed by atoms with E-state index in [-0.39, 0.29) is 6.04 Å². The van der Waals surface area contributed by atoms with Crippen LogP contribution >= 0.6 is 0 Å². The third kappa shape index (κ3) is 2.66. The van der Waals surface area contributed by atoms with E-state index in [1.54, 1.807) is 6.07 Å². The minimum atomic E-state index is -0.571. The highest BCUT2D eigenvalue weighted by molar-refractivity contribution is 5.96. The molecule has 1 aliphatic carbocycles. The standard InChI is InChI=1S/C22H19NO4/c24-18-10-11-19(25)27-22-17(26-18)9-8-15-14-6-2-3-7-16(14)21(20(15)22)23-12-4-1-5-13-23/h2-3,6-11,21H,1,4-5,12-13H2/b11-10+. The van der Waals surface area contributed by atoms with Crippen molar-refractivity contribution in [3.8, 4) is 22.6 Å². The predicted octanol–water partition coefficient (Wildman–Crippen LogP) is 3.62. The fourth-order valence-electron chi connectivity index (χ4n) is 4.38. The zero-order valence-electron chi connectivity index (χ0n) is 14.8. The van der Waals surface area contributed by atoms with Gasteiger partial charge in [-0.2, -0.15) is 0 Å². The van der Waals surface area contributed by atoms with Gasteiger partial charge in [0.15, 0.2) is 11.5 Å². The van der Waals surface area contributed by atoms with Crippen LogP contribution < -0.4 is 9.47 Å². The lowest BCUT2D eigenvalue weighted by molar-refractivity contribution is -0.133. The molecule has 5 rings (SSSR count). The summed E-state index contributed by atoms with van der Waals surface area (Å²) in [4.78, 5) is 26.5. The van der Waals surface area contributed by atoms with E-state index in [9.17, 15) is 9.59 Å². The van der Waals surface area contributed by atoms with Gasteiger partial charge in [0.2, 0.25) is 0 Å². The number of fused-ring (bicyclic) bond motifs is 5. The minimum absolute atomic E-state index is 0.00126. The number of likely N-dealkylation sites (tertiary alicyclic amines) is 1. The summed E-state index contributed by atoms with van der Waals surface area (Å²) in [5, 5.41) is 0. The Labute approximate surface area is 157 Å².